The van der Waals surface area contributed by atoms with Crippen LogP contribution in [0.25, 0.3) is 0 Å². The van der Waals surface area contributed by atoms with Crippen LogP contribution in [-0.4, -0.2) is 5.54 Å². The fourth-order valence-electron chi connectivity index (χ4n) is 2.93. The molecule has 1 saturated carbocycles. The fourth-order valence-corrected chi connectivity index (χ4v) is 2.93. The van der Waals surface area contributed by atoms with Crippen LogP contribution >= 0.6 is 0 Å². The van der Waals surface area contributed by atoms with Crippen LogP contribution in [0.1, 0.15) is 38.7 Å². The Hall–Kier alpha value is -0.890. The van der Waals surface area contributed by atoms with E-state index in [4.69, 9.17) is 5.73 Å². The van der Waals surface area contributed by atoms with Gasteiger partial charge in [0.1, 0.15) is 5.82 Å². The zero-order valence-corrected chi connectivity index (χ0v) is 10.7. The second-order valence-corrected chi connectivity index (χ2v) is 5.83. The lowest BCUT2D eigenvalue weighted by atomic mass is 9.69. The lowest BCUT2D eigenvalue weighted by Crippen LogP contribution is -2.47. The van der Waals surface area contributed by atoms with Crippen molar-refractivity contribution in [3.8, 4) is 0 Å². The fraction of sp³-hybridized carbons (Fsp3) is 0.600. The number of rotatable bonds is 2. The van der Waals surface area contributed by atoms with Gasteiger partial charge in [0, 0.05) is 5.54 Å². The Morgan fingerprint density at radius 3 is 2.65 bits per heavy atom. The van der Waals surface area contributed by atoms with E-state index in [1.54, 1.807) is 6.07 Å². The third-order valence-corrected chi connectivity index (χ3v) is 4.30. The molecule has 1 aliphatic carbocycles. The van der Waals surface area contributed by atoms with Gasteiger partial charge in [-0.3, -0.25) is 0 Å². The Bertz CT molecular complexity index is 390. The first-order valence-corrected chi connectivity index (χ1v) is 6.52. The maximum Gasteiger partial charge on any atom is 0.126 e. The molecule has 2 N–H and O–H groups in total. The average Bonchev–Trinajstić information content (AvgIpc) is 2.28. The third-order valence-electron chi connectivity index (χ3n) is 4.30. The Morgan fingerprint density at radius 1 is 1.29 bits per heavy atom. The Morgan fingerprint density at radius 2 is 2.00 bits per heavy atom. The molecule has 1 nitrogen and oxygen atoms in total. The lowest BCUT2D eigenvalue weighted by Gasteiger charge is -2.40. The monoisotopic (exact) mass is 235 g/mol. The van der Waals surface area contributed by atoms with Gasteiger partial charge >= 0.3 is 0 Å². The molecule has 0 bridgehead atoms. The number of hydrogen-bond donors (Lipinski definition) is 1. The second kappa shape index (κ2) is 4.77. The second-order valence-electron chi connectivity index (χ2n) is 5.83. The molecule has 0 spiro atoms. The summed E-state index contributed by atoms with van der Waals surface area (Å²) in [4.78, 5) is 0. The third kappa shape index (κ3) is 2.86. The van der Waals surface area contributed by atoms with Crippen molar-refractivity contribution in [3.63, 3.8) is 0 Å². The topological polar surface area (TPSA) is 26.0 Å². The largest absolute Gasteiger partial charge is 0.325 e. The Balaban J connectivity index is 2.10. The van der Waals surface area contributed by atoms with Crippen molar-refractivity contribution in [2.45, 2.75) is 45.1 Å². The van der Waals surface area contributed by atoms with Crippen molar-refractivity contribution in [2.75, 3.05) is 0 Å². The summed E-state index contributed by atoms with van der Waals surface area (Å²) in [6, 6.07) is 6.99. The summed E-state index contributed by atoms with van der Waals surface area (Å²) in [6.45, 7) is 4.54. The van der Waals surface area contributed by atoms with Crippen LogP contribution in [0.2, 0.25) is 0 Å². The zero-order valence-electron chi connectivity index (χ0n) is 10.7. The number of halogens is 1. The minimum Gasteiger partial charge on any atom is -0.325 e. The van der Waals surface area contributed by atoms with Gasteiger partial charge in [-0.05, 0) is 49.1 Å². The summed E-state index contributed by atoms with van der Waals surface area (Å²) in [7, 11) is 0. The van der Waals surface area contributed by atoms with Gasteiger partial charge in [0.25, 0.3) is 0 Å². The van der Waals surface area contributed by atoms with E-state index in [0.29, 0.717) is 12.3 Å². The van der Waals surface area contributed by atoms with E-state index in [9.17, 15) is 4.39 Å². The van der Waals surface area contributed by atoms with Crippen LogP contribution in [0.5, 0.6) is 0 Å². The standard InChI is InChI=1S/C15H22FN/c1-11-7-8-15(17,9-12(11)2)10-13-5-3-4-6-14(13)16/h3-6,11-12H,7-10,17H2,1-2H3. The summed E-state index contributed by atoms with van der Waals surface area (Å²) in [5.41, 5.74) is 6.99. The molecule has 94 valence electrons. The van der Waals surface area contributed by atoms with Crippen LogP contribution in [0.3, 0.4) is 0 Å². The average molecular weight is 235 g/mol. The maximum atomic E-state index is 13.6. The Labute approximate surface area is 103 Å². The van der Waals surface area contributed by atoms with Crippen LogP contribution in [0.15, 0.2) is 24.3 Å². The van der Waals surface area contributed by atoms with Gasteiger partial charge < -0.3 is 5.73 Å². The molecule has 17 heavy (non-hydrogen) atoms. The van der Waals surface area contributed by atoms with Crippen molar-refractivity contribution in [2.24, 2.45) is 17.6 Å². The van der Waals surface area contributed by atoms with Gasteiger partial charge in [-0.1, -0.05) is 32.0 Å². The van der Waals surface area contributed by atoms with Crippen molar-refractivity contribution in [3.05, 3.63) is 35.6 Å². The predicted molar refractivity (Wildman–Crippen MR) is 69.2 cm³/mol. The van der Waals surface area contributed by atoms with Gasteiger partial charge in [-0.25, -0.2) is 4.39 Å². The first kappa shape index (κ1) is 12.6. The molecule has 1 aliphatic rings. The quantitative estimate of drug-likeness (QED) is 0.834. The SMILES string of the molecule is CC1CCC(N)(Cc2ccccc2F)CC1C. The van der Waals surface area contributed by atoms with Gasteiger partial charge in [-0.2, -0.15) is 0 Å². The van der Waals surface area contributed by atoms with Crippen molar-refractivity contribution in [1.82, 2.24) is 0 Å². The minimum absolute atomic E-state index is 0.122. The van der Waals surface area contributed by atoms with Gasteiger partial charge in [0.05, 0.1) is 0 Å². The highest BCUT2D eigenvalue weighted by molar-refractivity contribution is 5.20. The van der Waals surface area contributed by atoms with Gasteiger partial charge in [0.2, 0.25) is 0 Å². The van der Waals surface area contributed by atoms with E-state index >= 15 is 0 Å². The van der Waals surface area contributed by atoms with E-state index in [1.165, 1.54) is 6.07 Å². The van der Waals surface area contributed by atoms with E-state index in [2.05, 4.69) is 13.8 Å². The highest BCUT2D eigenvalue weighted by Gasteiger charge is 2.34. The number of hydrogen-bond acceptors (Lipinski definition) is 1. The molecule has 0 saturated heterocycles. The molecule has 3 atom stereocenters. The molecule has 2 rings (SSSR count). The smallest absolute Gasteiger partial charge is 0.126 e. The molecule has 0 amide bonds. The molecule has 0 aromatic heterocycles. The Kier molecular flexibility index (Phi) is 3.53. The van der Waals surface area contributed by atoms with Crippen LogP contribution in [-0.2, 0) is 6.42 Å². The molecule has 0 aliphatic heterocycles. The number of nitrogens with two attached hydrogens (primary N) is 1. The molecule has 3 unspecified atom stereocenters. The summed E-state index contributed by atoms with van der Waals surface area (Å²) in [6.07, 6.45) is 3.83. The molecular weight excluding hydrogens is 213 g/mol. The molecule has 1 aromatic rings. The van der Waals surface area contributed by atoms with Crippen LogP contribution in [0, 0.1) is 17.7 Å². The normalized spacial score (nSPS) is 33.6. The van der Waals surface area contributed by atoms with Crippen LogP contribution < -0.4 is 5.73 Å². The summed E-state index contributed by atoms with van der Waals surface area (Å²) in [5.74, 6) is 1.26. The summed E-state index contributed by atoms with van der Waals surface area (Å²) in [5, 5.41) is 0. The molecule has 1 fully saturated rings. The molecule has 2 heteroatoms. The first-order valence-electron chi connectivity index (χ1n) is 6.52. The lowest BCUT2D eigenvalue weighted by molar-refractivity contribution is 0.175. The zero-order chi connectivity index (χ0) is 12.5. The van der Waals surface area contributed by atoms with E-state index in [-0.39, 0.29) is 11.4 Å². The molecule has 1 aromatic carbocycles. The molecule has 0 heterocycles. The van der Waals surface area contributed by atoms with Crippen molar-refractivity contribution in [1.29, 1.82) is 0 Å². The van der Waals surface area contributed by atoms with E-state index < -0.39 is 0 Å². The summed E-state index contributed by atoms with van der Waals surface area (Å²) < 4.78 is 13.6. The summed E-state index contributed by atoms with van der Waals surface area (Å²) >= 11 is 0. The highest BCUT2D eigenvalue weighted by atomic mass is 19.1. The number of benzene rings is 1. The molecular formula is C15H22FN. The predicted octanol–water partition coefficient (Wildman–Crippen LogP) is 3.52. The van der Waals surface area contributed by atoms with Crippen LogP contribution in [0.4, 0.5) is 4.39 Å². The van der Waals surface area contributed by atoms with Gasteiger partial charge in [0.15, 0.2) is 0 Å². The van der Waals surface area contributed by atoms with Crippen molar-refractivity contribution >= 4 is 0 Å². The maximum absolute atomic E-state index is 13.6. The molecule has 0 radical (unpaired) electrons. The van der Waals surface area contributed by atoms with Gasteiger partial charge in [-0.15, -0.1) is 0 Å². The van der Waals surface area contributed by atoms with E-state index in [1.807, 2.05) is 12.1 Å². The highest BCUT2D eigenvalue weighted by Crippen LogP contribution is 2.36. The minimum atomic E-state index is -0.214. The van der Waals surface area contributed by atoms with Crippen molar-refractivity contribution < 1.29 is 4.39 Å². The van der Waals surface area contributed by atoms with E-state index in [0.717, 1.165) is 30.7 Å². The first-order chi connectivity index (χ1) is 8.00.